The molecule has 0 spiro atoms. The number of hydrogen-bond acceptors (Lipinski definition) is 5. The highest BCUT2D eigenvalue weighted by Gasteiger charge is 2.14. The Balaban J connectivity index is 2.00. The van der Waals surface area contributed by atoms with Crippen LogP contribution in [-0.4, -0.2) is 27.7 Å². The van der Waals surface area contributed by atoms with Crippen LogP contribution in [0.4, 0.5) is 5.69 Å². The average molecular weight is 348 g/mol. The Morgan fingerprint density at radius 3 is 2.33 bits per heavy atom. The number of hydrogen-bond donors (Lipinski definition) is 4. The van der Waals surface area contributed by atoms with Crippen LogP contribution < -0.4 is 10.7 Å². The fourth-order valence-corrected chi connectivity index (χ4v) is 1.92. The normalized spacial score (nSPS) is 11.0. The van der Waals surface area contributed by atoms with Gasteiger partial charge in [0.05, 0.1) is 5.71 Å². The summed E-state index contributed by atoms with van der Waals surface area (Å²) < 4.78 is 0. The van der Waals surface area contributed by atoms with Gasteiger partial charge in [0.15, 0.2) is 0 Å². The second kappa shape index (κ2) is 7.47. The number of phenols is 2. The van der Waals surface area contributed by atoms with Gasteiger partial charge in [-0.25, -0.2) is 5.43 Å². The van der Waals surface area contributed by atoms with Gasteiger partial charge in [-0.3, -0.25) is 9.59 Å². The SMILES string of the molecule is CC(=NNC(=O)C(=O)Nc1ccc(Cl)cc1)c1ccc(O)cc1O. The lowest BCUT2D eigenvalue weighted by atomic mass is 10.1. The van der Waals surface area contributed by atoms with Crippen LogP contribution in [0, 0.1) is 0 Å². The number of hydrazone groups is 1. The second-order valence-electron chi connectivity index (χ2n) is 4.80. The molecule has 0 aromatic heterocycles. The Morgan fingerprint density at radius 1 is 1.04 bits per heavy atom. The molecule has 0 aliphatic heterocycles. The lowest BCUT2D eigenvalue weighted by Gasteiger charge is -2.06. The first-order chi connectivity index (χ1) is 11.4. The first-order valence-electron chi connectivity index (χ1n) is 6.80. The summed E-state index contributed by atoms with van der Waals surface area (Å²) in [7, 11) is 0. The molecule has 0 bridgehead atoms. The molecule has 0 aliphatic carbocycles. The van der Waals surface area contributed by atoms with Crippen LogP contribution in [0.2, 0.25) is 5.02 Å². The molecule has 0 radical (unpaired) electrons. The van der Waals surface area contributed by atoms with E-state index in [0.29, 0.717) is 16.3 Å². The largest absolute Gasteiger partial charge is 0.508 e. The molecular weight excluding hydrogens is 334 g/mol. The first kappa shape index (κ1) is 17.3. The lowest BCUT2D eigenvalue weighted by Crippen LogP contribution is -2.32. The molecule has 0 saturated carbocycles. The van der Waals surface area contributed by atoms with Gasteiger partial charge in [-0.05, 0) is 43.3 Å². The molecule has 4 N–H and O–H groups in total. The number of phenolic OH excluding ortho intramolecular Hbond substituents is 2. The summed E-state index contributed by atoms with van der Waals surface area (Å²) in [5.41, 5.74) is 3.08. The van der Waals surface area contributed by atoms with E-state index in [9.17, 15) is 19.8 Å². The van der Waals surface area contributed by atoms with Crippen LogP contribution in [0.5, 0.6) is 11.5 Å². The Hall–Kier alpha value is -3.06. The summed E-state index contributed by atoms with van der Waals surface area (Å²) in [5.74, 6) is -2.17. The molecule has 124 valence electrons. The molecule has 7 nitrogen and oxygen atoms in total. The van der Waals surface area contributed by atoms with Gasteiger partial charge in [0, 0.05) is 22.3 Å². The Bertz CT molecular complexity index is 803. The number of anilines is 1. The minimum atomic E-state index is -0.970. The highest BCUT2D eigenvalue weighted by molar-refractivity contribution is 6.39. The maximum absolute atomic E-state index is 11.8. The molecular formula is C16H14ClN3O4. The highest BCUT2D eigenvalue weighted by atomic mass is 35.5. The van der Waals surface area contributed by atoms with Crippen molar-refractivity contribution in [2.75, 3.05) is 5.32 Å². The van der Waals surface area contributed by atoms with Crippen molar-refractivity contribution in [3.05, 3.63) is 53.1 Å². The van der Waals surface area contributed by atoms with E-state index in [0.717, 1.165) is 6.07 Å². The monoisotopic (exact) mass is 347 g/mol. The van der Waals surface area contributed by atoms with Crippen molar-refractivity contribution in [3.8, 4) is 11.5 Å². The smallest absolute Gasteiger partial charge is 0.329 e. The Kier molecular flexibility index (Phi) is 5.39. The van der Waals surface area contributed by atoms with Gasteiger partial charge in [0.25, 0.3) is 0 Å². The zero-order valence-electron chi connectivity index (χ0n) is 12.6. The minimum Gasteiger partial charge on any atom is -0.508 e. The zero-order valence-corrected chi connectivity index (χ0v) is 13.3. The second-order valence-corrected chi connectivity index (χ2v) is 5.24. The van der Waals surface area contributed by atoms with Crippen LogP contribution in [0.25, 0.3) is 0 Å². The summed E-state index contributed by atoms with van der Waals surface area (Å²) in [6.45, 7) is 1.53. The van der Waals surface area contributed by atoms with Crippen molar-refractivity contribution in [1.82, 2.24) is 5.43 Å². The third-order valence-corrected chi connectivity index (χ3v) is 3.26. The van der Waals surface area contributed by atoms with Crippen molar-refractivity contribution in [2.45, 2.75) is 6.92 Å². The number of carbonyl (C=O) groups is 2. The maximum atomic E-state index is 11.8. The van der Waals surface area contributed by atoms with Gasteiger partial charge in [0.2, 0.25) is 0 Å². The van der Waals surface area contributed by atoms with Gasteiger partial charge in [-0.1, -0.05) is 11.6 Å². The highest BCUT2D eigenvalue weighted by Crippen LogP contribution is 2.22. The zero-order chi connectivity index (χ0) is 17.7. The maximum Gasteiger partial charge on any atom is 0.329 e. The number of benzene rings is 2. The van der Waals surface area contributed by atoms with Crippen LogP contribution in [0.1, 0.15) is 12.5 Å². The van der Waals surface area contributed by atoms with Crippen molar-refractivity contribution in [2.24, 2.45) is 5.10 Å². The minimum absolute atomic E-state index is 0.101. The Labute approximate surface area is 142 Å². The summed E-state index contributed by atoms with van der Waals surface area (Å²) in [4.78, 5) is 23.5. The quantitative estimate of drug-likeness (QED) is 0.387. The van der Waals surface area contributed by atoms with Crippen LogP contribution in [-0.2, 0) is 9.59 Å². The van der Waals surface area contributed by atoms with Gasteiger partial charge < -0.3 is 15.5 Å². The summed E-state index contributed by atoms with van der Waals surface area (Å²) in [6.07, 6.45) is 0. The topological polar surface area (TPSA) is 111 Å². The van der Waals surface area contributed by atoms with E-state index >= 15 is 0 Å². The molecule has 2 aromatic carbocycles. The van der Waals surface area contributed by atoms with Crippen LogP contribution in [0.3, 0.4) is 0 Å². The predicted molar refractivity (Wildman–Crippen MR) is 90.2 cm³/mol. The van der Waals surface area contributed by atoms with E-state index < -0.39 is 11.8 Å². The van der Waals surface area contributed by atoms with E-state index in [2.05, 4.69) is 15.8 Å². The summed E-state index contributed by atoms with van der Waals surface area (Å²) in [5, 5.41) is 25.6. The van der Waals surface area contributed by atoms with E-state index in [1.54, 1.807) is 24.3 Å². The van der Waals surface area contributed by atoms with Crippen molar-refractivity contribution < 1.29 is 19.8 Å². The fourth-order valence-electron chi connectivity index (χ4n) is 1.79. The number of nitrogens with zero attached hydrogens (tertiary/aromatic N) is 1. The number of aromatic hydroxyl groups is 2. The van der Waals surface area contributed by atoms with E-state index in [1.165, 1.54) is 19.1 Å². The van der Waals surface area contributed by atoms with E-state index in [4.69, 9.17) is 11.6 Å². The van der Waals surface area contributed by atoms with Gasteiger partial charge >= 0.3 is 11.8 Å². The van der Waals surface area contributed by atoms with Crippen molar-refractivity contribution in [3.63, 3.8) is 0 Å². The molecule has 0 aliphatic rings. The molecule has 0 unspecified atom stereocenters. The summed E-state index contributed by atoms with van der Waals surface area (Å²) >= 11 is 5.73. The van der Waals surface area contributed by atoms with E-state index in [1.807, 2.05) is 0 Å². The van der Waals surface area contributed by atoms with Gasteiger partial charge in [0.1, 0.15) is 11.5 Å². The number of carbonyl (C=O) groups excluding carboxylic acids is 2. The average Bonchev–Trinajstić information content (AvgIpc) is 2.54. The molecule has 0 heterocycles. The van der Waals surface area contributed by atoms with Gasteiger partial charge in [-0.2, -0.15) is 5.10 Å². The van der Waals surface area contributed by atoms with Crippen molar-refractivity contribution >= 4 is 34.8 Å². The molecule has 2 aromatic rings. The molecule has 0 atom stereocenters. The number of amides is 2. The number of halogens is 1. The first-order valence-corrected chi connectivity index (χ1v) is 7.18. The number of rotatable bonds is 3. The molecule has 24 heavy (non-hydrogen) atoms. The third kappa shape index (κ3) is 4.47. The predicted octanol–water partition coefficient (Wildman–Crippen LogP) is 2.23. The number of nitrogens with one attached hydrogen (secondary N) is 2. The molecule has 8 heteroatoms. The van der Waals surface area contributed by atoms with Crippen molar-refractivity contribution in [1.29, 1.82) is 0 Å². The molecule has 2 rings (SSSR count). The fraction of sp³-hybridized carbons (Fsp3) is 0.0625. The van der Waals surface area contributed by atoms with E-state index in [-0.39, 0.29) is 17.2 Å². The molecule has 2 amide bonds. The Morgan fingerprint density at radius 2 is 1.71 bits per heavy atom. The third-order valence-electron chi connectivity index (χ3n) is 3.00. The lowest BCUT2D eigenvalue weighted by molar-refractivity contribution is -0.136. The molecule has 0 fully saturated rings. The van der Waals surface area contributed by atoms with Crippen LogP contribution >= 0.6 is 11.6 Å². The van der Waals surface area contributed by atoms with Gasteiger partial charge in [-0.15, -0.1) is 0 Å². The summed E-state index contributed by atoms with van der Waals surface area (Å²) in [6, 6.07) is 10.2. The standard InChI is InChI=1S/C16H14ClN3O4/c1-9(13-7-6-12(21)8-14(13)22)19-20-16(24)15(23)18-11-4-2-10(17)3-5-11/h2-8,21-22H,1H3,(H,18,23)(H,20,24). The van der Waals surface area contributed by atoms with Crippen LogP contribution in [0.15, 0.2) is 47.6 Å². The molecule has 0 saturated heterocycles.